The zero-order valence-electron chi connectivity index (χ0n) is 11.1. The van der Waals surface area contributed by atoms with Crippen LogP contribution in [0, 0.1) is 6.92 Å². The summed E-state index contributed by atoms with van der Waals surface area (Å²) in [4.78, 5) is 11.9. The Morgan fingerprint density at radius 3 is 2.84 bits per heavy atom. The number of nitrogens with zero attached hydrogens (tertiary/aromatic N) is 1. The van der Waals surface area contributed by atoms with Gasteiger partial charge in [-0.15, -0.1) is 0 Å². The van der Waals surface area contributed by atoms with Crippen molar-refractivity contribution in [3.05, 3.63) is 47.3 Å². The van der Waals surface area contributed by atoms with Gasteiger partial charge < -0.3 is 14.6 Å². The quantitative estimate of drug-likeness (QED) is 0.917. The maximum Gasteiger partial charge on any atom is 0.273 e. The van der Waals surface area contributed by atoms with E-state index in [2.05, 4.69) is 10.5 Å². The molecule has 2 aromatic rings. The van der Waals surface area contributed by atoms with Gasteiger partial charge in [-0.2, -0.15) is 0 Å². The average Bonchev–Trinajstić information content (AvgIpc) is 2.85. The number of hydrogen-bond donors (Lipinski definition) is 1. The highest BCUT2D eigenvalue weighted by Gasteiger charge is 2.15. The average molecular weight is 260 g/mol. The van der Waals surface area contributed by atoms with Gasteiger partial charge in [-0.05, 0) is 31.5 Å². The zero-order chi connectivity index (χ0) is 13.8. The molecule has 5 nitrogen and oxygen atoms in total. The molecule has 0 unspecified atom stereocenters. The number of hydrogen-bond acceptors (Lipinski definition) is 4. The van der Waals surface area contributed by atoms with Gasteiger partial charge in [0.25, 0.3) is 5.91 Å². The van der Waals surface area contributed by atoms with Crippen molar-refractivity contribution in [2.75, 3.05) is 7.11 Å². The SMILES string of the molecule is COc1cccc([C@@H](C)NC(=O)c2cc(C)on2)c1. The van der Waals surface area contributed by atoms with E-state index in [0.717, 1.165) is 11.3 Å². The second kappa shape index (κ2) is 5.56. The fourth-order valence-corrected chi connectivity index (χ4v) is 1.74. The molecule has 1 amide bonds. The molecule has 0 aliphatic heterocycles. The van der Waals surface area contributed by atoms with E-state index < -0.39 is 0 Å². The largest absolute Gasteiger partial charge is 0.497 e. The van der Waals surface area contributed by atoms with Crippen molar-refractivity contribution in [1.82, 2.24) is 10.5 Å². The zero-order valence-corrected chi connectivity index (χ0v) is 11.1. The Morgan fingerprint density at radius 1 is 1.42 bits per heavy atom. The molecule has 19 heavy (non-hydrogen) atoms. The minimum atomic E-state index is -0.257. The summed E-state index contributed by atoms with van der Waals surface area (Å²) in [5.41, 5.74) is 1.25. The van der Waals surface area contributed by atoms with Gasteiger partial charge >= 0.3 is 0 Å². The minimum Gasteiger partial charge on any atom is -0.497 e. The monoisotopic (exact) mass is 260 g/mol. The molecule has 1 aromatic heterocycles. The Bertz CT molecular complexity index is 578. The van der Waals surface area contributed by atoms with Gasteiger partial charge in [-0.3, -0.25) is 4.79 Å². The molecule has 5 heteroatoms. The van der Waals surface area contributed by atoms with E-state index in [4.69, 9.17) is 9.26 Å². The molecule has 1 heterocycles. The van der Waals surface area contributed by atoms with E-state index in [1.807, 2.05) is 31.2 Å². The molecule has 0 spiro atoms. The Balaban J connectivity index is 2.08. The van der Waals surface area contributed by atoms with Crippen LogP contribution >= 0.6 is 0 Å². The maximum absolute atomic E-state index is 11.9. The molecule has 0 aliphatic carbocycles. The first-order valence-corrected chi connectivity index (χ1v) is 5.98. The van der Waals surface area contributed by atoms with Crippen LogP contribution in [0.3, 0.4) is 0 Å². The van der Waals surface area contributed by atoms with Crippen molar-refractivity contribution in [3.8, 4) is 5.75 Å². The van der Waals surface area contributed by atoms with E-state index >= 15 is 0 Å². The molecule has 0 saturated carbocycles. The number of rotatable bonds is 4. The number of nitrogens with one attached hydrogen (secondary N) is 1. The lowest BCUT2D eigenvalue weighted by Crippen LogP contribution is -2.26. The Hall–Kier alpha value is -2.30. The van der Waals surface area contributed by atoms with Crippen LogP contribution in [0.25, 0.3) is 0 Å². The van der Waals surface area contributed by atoms with E-state index in [-0.39, 0.29) is 17.6 Å². The smallest absolute Gasteiger partial charge is 0.273 e. The van der Waals surface area contributed by atoms with Gasteiger partial charge in [0.15, 0.2) is 5.69 Å². The number of carbonyl (C=O) groups excluding carboxylic acids is 1. The number of aromatic nitrogens is 1. The normalized spacial score (nSPS) is 11.9. The summed E-state index contributed by atoms with van der Waals surface area (Å²) < 4.78 is 10.0. The molecule has 0 aliphatic rings. The summed E-state index contributed by atoms with van der Waals surface area (Å²) in [5, 5.41) is 6.54. The predicted octanol–water partition coefficient (Wildman–Crippen LogP) is 2.48. The Labute approximate surface area is 111 Å². The molecule has 1 N–H and O–H groups in total. The first kappa shape index (κ1) is 13.1. The van der Waals surface area contributed by atoms with Crippen molar-refractivity contribution >= 4 is 5.91 Å². The molecule has 0 saturated heterocycles. The van der Waals surface area contributed by atoms with Crippen molar-refractivity contribution < 1.29 is 14.1 Å². The van der Waals surface area contributed by atoms with Gasteiger partial charge in [0, 0.05) is 6.07 Å². The number of carbonyl (C=O) groups is 1. The lowest BCUT2D eigenvalue weighted by atomic mass is 10.1. The van der Waals surface area contributed by atoms with Crippen LogP contribution in [0.5, 0.6) is 5.75 Å². The summed E-state index contributed by atoms with van der Waals surface area (Å²) in [6, 6.07) is 9.03. The highest BCUT2D eigenvalue weighted by atomic mass is 16.5. The molecule has 0 radical (unpaired) electrons. The molecule has 0 bridgehead atoms. The molecular weight excluding hydrogens is 244 g/mol. The van der Waals surface area contributed by atoms with Crippen LogP contribution in [-0.2, 0) is 0 Å². The van der Waals surface area contributed by atoms with Gasteiger partial charge in [0.2, 0.25) is 0 Å². The van der Waals surface area contributed by atoms with Gasteiger partial charge in [0.1, 0.15) is 11.5 Å². The van der Waals surface area contributed by atoms with Crippen LogP contribution in [0.2, 0.25) is 0 Å². The highest BCUT2D eigenvalue weighted by molar-refractivity contribution is 5.92. The number of amides is 1. The molecule has 1 aromatic carbocycles. The summed E-state index contributed by atoms with van der Waals surface area (Å²) in [6.07, 6.45) is 0. The third kappa shape index (κ3) is 3.13. The number of ether oxygens (including phenoxy) is 1. The summed E-state index contributed by atoms with van der Waals surface area (Å²) >= 11 is 0. The first-order valence-electron chi connectivity index (χ1n) is 5.98. The van der Waals surface area contributed by atoms with Crippen LogP contribution in [-0.4, -0.2) is 18.2 Å². The van der Waals surface area contributed by atoms with E-state index in [1.54, 1.807) is 20.1 Å². The van der Waals surface area contributed by atoms with Crippen molar-refractivity contribution in [3.63, 3.8) is 0 Å². The van der Waals surface area contributed by atoms with E-state index in [1.165, 1.54) is 0 Å². The Kier molecular flexibility index (Phi) is 3.85. The molecular formula is C14H16N2O3. The van der Waals surface area contributed by atoms with Crippen LogP contribution in [0.15, 0.2) is 34.9 Å². The second-order valence-electron chi connectivity index (χ2n) is 4.29. The van der Waals surface area contributed by atoms with Crippen molar-refractivity contribution in [2.24, 2.45) is 0 Å². The standard InChI is InChI=1S/C14H16N2O3/c1-9-7-13(16-19-9)14(17)15-10(2)11-5-4-6-12(8-11)18-3/h4-8,10H,1-3H3,(H,15,17)/t10-/m1/s1. The fraction of sp³-hybridized carbons (Fsp3) is 0.286. The van der Waals surface area contributed by atoms with Gasteiger partial charge in [-0.25, -0.2) is 0 Å². The molecule has 1 atom stereocenters. The first-order chi connectivity index (χ1) is 9.10. The number of methoxy groups -OCH3 is 1. The van der Waals surface area contributed by atoms with Gasteiger partial charge in [0.05, 0.1) is 13.2 Å². The lowest BCUT2D eigenvalue weighted by molar-refractivity contribution is 0.0930. The summed E-state index contributed by atoms with van der Waals surface area (Å²) in [7, 11) is 1.61. The fourth-order valence-electron chi connectivity index (χ4n) is 1.74. The second-order valence-corrected chi connectivity index (χ2v) is 4.29. The molecule has 0 fully saturated rings. The predicted molar refractivity (Wildman–Crippen MR) is 70.1 cm³/mol. The summed E-state index contributed by atoms with van der Waals surface area (Å²) in [5.74, 6) is 1.11. The van der Waals surface area contributed by atoms with E-state index in [9.17, 15) is 4.79 Å². The number of benzene rings is 1. The maximum atomic E-state index is 11.9. The van der Waals surface area contributed by atoms with Crippen molar-refractivity contribution in [2.45, 2.75) is 19.9 Å². The lowest BCUT2D eigenvalue weighted by Gasteiger charge is -2.14. The van der Waals surface area contributed by atoms with Crippen LogP contribution in [0.1, 0.15) is 34.8 Å². The van der Waals surface area contributed by atoms with E-state index in [0.29, 0.717) is 5.76 Å². The topological polar surface area (TPSA) is 64.4 Å². The number of aryl methyl sites for hydroxylation is 1. The van der Waals surface area contributed by atoms with Gasteiger partial charge in [-0.1, -0.05) is 17.3 Å². The Morgan fingerprint density at radius 2 is 2.21 bits per heavy atom. The highest BCUT2D eigenvalue weighted by Crippen LogP contribution is 2.19. The summed E-state index contributed by atoms with van der Waals surface area (Å²) in [6.45, 7) is 3.65. The third-order valence-electron chi connectivity index (χ3n) is 2.80. The van der Waals surface area contributed by atoms with Crippen LogP contribution < -0.4 is 10.1 Å². The minimum absolute atomic E-state index is 0.139. The molecule has 2 rings (SSSR count). The third-order valence-corrected chi connectivity index (χ3v) is 2.80. The van der Waals surface area contributed by atoms with Crippen molar-refractivity contribution in [1.29, 1.82) is 0 Å². The molecule has 100 valence electrons. The van der Waals surface area contributed by atoms with Crippen LogP contribution in [0.4, 0.5) is 0 Å².